The van der Waals surface area contributed by atoms with E-state index >= 15 is 0 Å². The summed E-state index contributed by atoms with van der Waals surface area (Å²) in [6.07, 6.45) is 6.41. The molecule has 0 atom stereocenters. The monoisotopic (exact) mass is 405 g/mol. The normalized spacial score (nSPS) is 11.4. The summed E-state index contributed by atoms with van der Waals surface area (Å²) < 4.78 is 1.87. The Kier molecular flexibility index (Phi) is 6.36. The zero-order valence-electron chi connectivity index (χ0n) is 14.3. The Bertz CT molecular complexity index is 915. The molecule has 0 amide bonds. The lowest BCUT2D eigenvalue weighted by atomic mass is 10.0. The predicted molar refractivity (Wildman–Crippen MR) is 110 cm³/mol. The number of hydrogen-bond donors (Lipinski definition) is 0. The van der Waals surface area contributed by atoms with E-state index in [4.69, 9.17) is 34.8 Å². The fourth-order valence-electron chi connectivity index (χ4n) is 2.66. The van der Waals surface area contributed by atoms with E-state index in [0.717, 1.165) is 35.4 Å². The highest BCUT2D eigenvalue weighted by Gasteiger charge is 2.18. The van der Waals surface area contributed by atoms with Gasteiger partial charge in [-0.25, -0.2) is 4.68 Å². The van der Waals surface area contributed by atoms with Gasteiger partial charge in [0.25, 0.3) is 0 Å². The molecule has 134 valence electrons. The molecule has 6 heteroatoms. The minimum absolute atomic E-state index is 0.543. The van der Waals surface area contributed by atoms with Gasteiger partial charge in [-0.05, 0) is 36.8 Å². The zero-order chi connectivity index (χ0) is 18.5. The van der Waals surface area contributed by atoms with Crippen molar-refractivity contribution in [3.63, 3.8) is 0 Å². The fourth-order valence-corrected chi connectivity index (χ4v) is 3.28. The summed E-state index contributed by atoms with van der Waals surface area (Å²) in [6.45, 7) is 2.79. The van der Waals surface area contributed by atoms with E-state index in [1.54, 1.807) is 12.1 Å². The van der Waals surface area contributed by atoms with E-state index in [9.17, 15) is 0 Å². The van der Waals surface area contributed by atoms with Crippen LogP contribution in [-0.4, -0.2) is 15.0 Å². The van der Waals surface area contributed by atoms with E-state index in [2.05, 4.69) is 29.4 Å². The second kappa shape index (κ2) is 8.72. The van der Waals surface area contributed by atoms with E-state index in [0.29, 0.717) is 21.6 Å². The van der Waals surface area contributed by atoms with Crippen LogP contribution in [0.3, 0.4) is 0 Å². The number of hydrogen-bond acceptors (Lipinski definition) is 2. The van der Waals surface area contributed by atoms with Crippen molar-refractivity contribution >= 4 is 34.8 Å². The van der Waals surface area contributed by atoms with E-state index in [1.807, 2.05) is 35.0 Å². The summed E-state index contributed by atoms with van der Waals surface area (Å²) in [4.78, 5) is 0. The van der Waals surface area contributed by atoms with Gasteiger partial charge in [0.2, 0.25) is 0 Å². The molecule has 0 bridgehead atoms. The molecule has 0 saturated carbocycles. The second-order valence-corrected chi connectivity index (χ2v) is 7.14. The van der Waals surface area contributed by atoms with Gasteiger partial charge in [-0.1, -0.05) is 77.6 Å². The van der Waals surface area contributed by atoms with Crippen LogP contribution in [-0.2, 0) is 6.54 Å². The molecule has 26 heavy (non-hydrogen) atoms. The molecular weight excluding hydrogens is 389 g/mol. The highest BCUT2D eigenvalue weighted by molar-refractivity contribution is 6.36. The van der Waals surface area contributed by atoms with Crippen molar-refractivity contribution in [2.24, 2.45) is 0 Å². The maximum atomic E-state index is 6.41. The minimum Gasteiger partial charge on any atom is -0.240 e. The quantitative estimate of drug-likeness (QED) is 0.415. The molecule has 1 heterocycles. The van der Waals surface area contributed by atoms with Gasteiger partial charge < -0.3 is 0 Å². The average Bonchev–Trinajstić information content (AvgIpc) is 3.03. The van der Waals surface area contributed by atoms with Crippen LogP contribution in [0.15, 0.2) is 54.6 Å². The first kappa shape index (κ1) is 19.0. The number of benzene rings is 2. The van der Waals surface area contributed by atoms with Crippen LogP contribution in [0, 0.1) is 0 Å². The molecule has 3 nitrogen and oxygen atoms in total. The van der Waals surface area contributed by atoms with Gasteiger partial charge in [0.1, 0.15) is 5.69 Å². The summed E-state index contributed by atoms with van der Waals surface area (Å²) >= 11 is 18.5. The lowest BCUT2D eigenvalue weighted by molar-refractivity contribution is 0.666. The van der Waals surface area contributed by atoms with Crippen LogP contribution in [0.1, 0.15) is 19.8 Å². The van der Waals surface area contributed by atoms with Crippen molar-refractivity contribution in [2.45, 2.75) is 26.3 Å². The molecule has 1 aromatic heterocycles. The maximum absolute atomic E-state index is 6.41. The first-order chi connectivity index (χ1) is 12.6. The zero-order valence-corrected chi connectivity index (χ0v) is 16.6. The molecule has 3 rings (SSSR count). The topological polar surface area (TPSA) is 30.7 Å². The molecule has 0 aliphatic rings. The molecule has 3 aromatic rings. The third kappa shape index (κ3) is 4.29. The van der Waals surface area contributed by atoms with Gasteiger partial charge >= 0.3 is 0 Å². The van der Waals surface area contributed by atoms with Crippen molar-refractivity contribution in [1.82, 2.24) is 15.0 Å². The van der Waals surface area contributed by atoms with Gasteiger partial charge in [-0.3, -0.25) is 0 Å². The second-order valence-electron chi connectivity index (χ2n) is 5.86. The molecule has 0 aliphatic heterocycles. The van der Waals surface area contributed by atoms with E-state index in [-0.39, 0.29) is 0 Å². The van der Waals surface area contributed by atoms with Crippen LogP contribution in [0.25, 0.3) is 22.5 Å². The smallest absolute Gasteiger partial charge is 0.122 e. The van der Waals surface area contributed by atoms with Crippen molar-refractivity contribution in [1.29, 1.82) is 0 Å². The predicted octanol–water partition coefficient (Wildman–Crippen LogP) is 6.93. The highest BCUT2D eigenvalue weighted by Crippen LogP contribution is 2.36. The van der Waals surface area contributed by atoms with Crippen LogP contribution >= 0.6 is 34.8 Å². The van der Waals surface area contributed by atoms with E-state index < -0.39 is 0 Å². The molecular formula is C20H18Cl3N3. The summed E-state index contributed by atoms with van der Waals surface area (Å²) in [5.41, 5.74) is 3.39. The first-order valence-corrected chi connectivity index (χ1v) is 9.53. The Morgan fingerprint density at radius 1 is 0.962 bits per heavy atom. The maximum Gasteiger partial charge on any atom is 0.122 e. The standard InChI is InChI=1S/C20H18Cl3N3/c1-2-3-4-5-12-26-20(14-6-8-15(21)9-7-14)19(24-25-26)17-11-10-16(22)13-18(17)23/h4-11,13H,2-3,12H2,1H3/b5-4-. The molecule has 0 spiro atoms. The van der Waals surface area contributed by atoms with Crippen molar-refractivity contribution in [2.75, 3.05) is 0 Å². The third-order valence-corrected chi connectivity index (χ3v) is 4.74. The molecule has 0 saturated heterocycles. The van der Waals surface area contributed by atoms with Crippen molar-refractivity contribution < 1.29 is 0 Å². The van der Waals surface area contributed by atoms with Crippen molar-refractivity contribution in [3.05, 3.63) is 69.7 Å². The third-order valence-electron chi connectivity index (χ3n) is 3.94. The molecule has 0 radical (unpaired) electrons. The number of rotatable bonds is 6. The number of allylic oxidation sites excluding steroid dienone is 2. The summed E-state index contributed by atoms with van der Waals surface area (Å²) in [7, 11) is 0. The molecule has 0 aliphatic carbocycles. The van der Waals surface area contributed by atoms with Gasteiger partial charge in [0.05, 0.1) is 17.3 Å². The SMILES string of the molecule is CCC/C=C\Cn1nnc(-c2ccc(Cl)cc2Cl)c1-c1ccc(Cl)cc1. The van der Waals surface area contributed by atoms with Gasteiger partial charge in [-0.15, -0.1) is 5.10 Å². The van der Waals surface area contributed by atoms with Crippen LogP contribution < -0.4 is 0 Å². The van der Waals surface area contributed by atoms with Gasteiger partial charge in [-0.2, -0.15) is 0 Å². The Hall–Kier alpha value is -1.81. The van der Waals surface area contributed by atoms with Crippen LogP contribution in [0.5, 0.6) is 0 Å². The highest BCUT2D eigenvalue weighted by atomic mass is 35.5. The summed E-state index contributed by atoms with van der Waals surface area (Å²) in [6, 6.07) is 13.0. The van der Waals surface area contributed by atoms with Crippen LogP contribution in [0.4, 0.5) is 0 Å². The van der Waals surface area contributed by atoms with Gasteiger partial charge in [0, 0.05) is 21.2 Å². The number of nitrogens with zero attached hydrogens (tertiary/aromatic N) is 3. The Morgan fingerprint density at radius 3 is 2.38 bits per heavy atom. The van der Waals surface area contributed by atoms with Gasteiger partial charge in [0.15, 0.2) is 0 Å². The number of unbranched alkanes of at least 4 members (excludes halogenated alkanes) is 1. The van der Waals surface area contributed by atoms with Crippen molar-refractivity contribution in [3.8, 4) is 22.5 Å². The average molecular weight is 407 g/mol. The first-order valence-electron chi connectivity index (χ1n) is 8.40. The number of aromatic nitrogens is 3. The molecule has 0 fully saturated rings. The largest absolute Gasteiger partial charge is 0.240 e. The summed E-state index contributed by atoms with van der Waals surface area (Å²) in [5, 5.41) is 10.5. The Balaban J connectivity index is 2.09. The lowest BCUT2D eigenvalue weighted by Crippen LogP contribution is -2.01. The van der Waals surface area contributed by atoms with Crippen LogP contribution in [0.2, 0.25) is 15.1 Å². The molecule has 0 N–H and O–H groups in total. The summed E-state index contributed by atoms with van der Waals surface area (Å²) in [5.74, 6) is 0. The Labute approximate surface area is 168 Å². The number of halogens is 3. The Morgan fingerprint density at radius 2 is 1.69 bits per heavy atom. The molecule has 2 aromatic carbocycles. The fraction of sp³-hybridized carbons (Fsp3) is 0.200. The van der Waals surface area contributed by atoms with E-state index in [1.165, 1.54) is 0 Å². The molecule has 0 unspecified atom stereocenters. The minimum atomic E-state index is 0.543. The lowest BCUT2D eigenvalue weighted by Gasteiger charge is -2.08.